The fourth-order valence-electron chi connectivity index (χ4n) is 1.74. The Bertz CT molecular complexity index is 115. The van der Waals surface area contributed by atoms with Crippen LogP contribution in [0, 0.1) is 0 Å². The highest BCUT2D eigenvalue weighted by atomic mass is 28.3. The van der Waals surface area contributed by atoms with Crippen LogP contribution in [0.3, 0.4) is 0 Å². The van der Waals surface area contributed by atoms with E-state index in [-0.39, 0.29) is 0 Å². The van der Waals surface area contributed by atoms with E-state index >= 15 is 0 Å². The van der Waals surface area contributed by atoms with E-state index in [1.54, 1.807) is 0 Å². The van der Waals surface area contributed by atoms with Crippen molar-refractivity contribution in [2.75, 3.05) is 0 Å². The lowest BCUT2D eigenvalue weighted by Gasteiger charge is -2.14. The minimum absolute atomic E-state index is 0.441. The molecule has 0 radical (unpaired) electrons. The van der Waals surface area contributed by atoms with Crippen LogP contribution in [0.15, 0.2) is 0 Å². The van der Waals surface area contributed by atoms with Gasteiger partial charge in [0.15, 0.2) is 9.04 Å². The van der Waals surface area contributed by atoms with Crippen molar-refractivity contribution in [2.24, 2.45) is 0 Å². The summed E-state index contributed by atoms with van der Waals surface area (Å²) < 4.78 is 5.82. The van der Waals surface area contributed by atoms with Crippen LogP contribution in [0.25, 0.3) is 0 Å². The van der Waals surface area contributed by atoms with Crippen molar-refractivity contribution >= 4 is 9.04 Å². The third-order valence-electron chi connectivity index (χ3n) is 2.47. The Morgan fingerprint density at radius 3 is 2.14 bits per heavy atom. The van der Waals surface area contributed by atoms with Gasteiger partial charge in [-0.05, 0) is 26.4 Å². The summed E-state index contributed by atoms with van der Waals surface area (Å²) in [6.45, 7) is 8.88. The first kappa shape index (κ1) is 14.2. The molecule has 0 saturated carbocycles. The molecule has 2 heteroatoms. The molecule has 0 amide bonds. The Kier molecular flexibility index (Phi) is 9.84. The quantitative estimate of drug-likeness (QED) is 0.416. The van der Waals surface area contributed by atoms with Gasteiger partial charge in [-0.25, -0.2) is 0 Å². The highest BCUT2D eigenvalue weighted by Crippen LogP contribution is 2.10. The summed E-state index contributed by atoms with van der Waals surface area (Å²) in [4.78, 5) is 0. The molecule has 0 N–H and O–H groups in total. The molecule has 0 saturated heterocycles. The van der Waals surface area contributed by atoms with Crippen molar-refractivity contribution in [1.29, 1.82) is 0 Å². The van der Waals surface area contributed by atoms with Gasteiger partial charge in [0.1, 0.15) is 0 Å². The largest absolute Gasteiger partial charge is 0.418 e. The van der Waals surface area contributed by atoms with Crippen molar-refractivity contribution in [3.63, 3.8) is 0 Å². The highest BCUT2D eigenvalue weighted by Gasteiger charge is 2.05. The molecule has 1 nitrogen and oxygen atoms in total. The SMILES string of the molecule is CCCCCCCC[SiH](C)OC(C)C. The molecule has 0 bridgehead atoms. The molecular weight excluding hydrogens is 188 g/mol. The predicted molar refractivity (Wildman–Crippen MR) is 67.4 cm³/mol. The zero-order valence-electron chi connectivity index (χ0n) is 10.5. The summed E-state index contributed by atoms with van der Waals surface area (Å²) in [7, 11) is -0.819. The van der Waals surface area contributed by atoms with Crippen LogP contribution < -0.4 is 0 Å². The lowest BCUT2D eigenvalue weighted by Crippen LogP contribution is -2.18. The van der Waals surface area contributed by atoms with Crippen LogP contribution in [-0.4, -0.2) is 15.1 Å². The van der Waals surface area contributed by atoms with Gasteiger partial charge in [-0.15, -0.1) is 0 Å². The molecule has 1 atom stereocenters. The Labute approximate surface area is 92.0 Å². The fourth-order valence-corrected chi connectivity index (χ4v) is 3.67. The van der Waals surface area contributed by atoms with Gasteiger partial charge >= 0.3 is 0 Å². The molecule has 0 rings (SSSR count). The second kappa shape index (κ2) is 9.72. The maximum absolute atomic E-state index is 5.82. The molecule has 0 fully saturated rings. The van der Waals surface area contributed by atoms with E-state index in [1.165, 1.54) is 44.6 Å². The monoisotopic (exact) mass is 216 g/mol. The maximum Gasteiger partial charge on any atom is 0.174 e. The number of rotatable bonds is 9. The second-order valence-electron chi connectivity index (χ2n) is 4.55. The van der Waals surface area contributed by atoms with Gasteiger partial charge in [-0.2, -0.15) is 0 Å². The van der Waals surface area contributed by atoms with Crippen molar-refractivity contribution in [3.05, 3.63) is 0 Å². The van der Waals surface area contributed by atoms with E-state index < -0.39 is 9.04 Å². The summed E-state index contributed by atoms with van der Waals surface area (Å²) in [5.74, 6) is 0. The second-order valence-corrected chi connectivity index (χ2v) is 7.02. The van der Waals surface area contributed by atoms with Crippen LogP contribution in [0.2, 0.25) is 12.6 Å². The van der Waals surface area contributed by atoms with Crippen molar-refractivity contribution in [3.8, 4) is 0 Å². The Hall–Kier alpha value is 0.177. The maximum atomic E-state index is 5.82. The molecule has 0 aromatic carbocycles. The topological polar surface area (TPSA) is 9.23 Å². The average Bonchev–Trinajstić information content (AvgIpc) is 2.10. The van der Waals surface area contributed by atoms with E-state index in [4.69, 9.17) is 4.43 Å². The molecule has 0 spiro atoms. The highest BCUT2D eigenvalue weighted by molar-refractivity contribution is 6.50. The predicted octanol–water partition coefficient (Wildman–Crippen LogP) is 4.13. The average molecular weight is 216 g/mol. The summed E-state index contributed by atoms with van der Waals surface area (Å²) in [5.41, 5.74) is 0. The van der Waals surface area contributed by atoms with Crippen molar-refractivity contribution in [1.82, 2.24) is 0 Å². The van der Waals surface area contributed by atoms with E-state index in [0.29, 0.717) is 6.10 Å². The minimum atomic E-state index is -0.819. The summed E-state index contributed by atoms with van der Waals surface area (Å²) in [5, 5.41) is 0. The summed E-state index contributed by atoms with van der Waals surface area (Å²) in [6.07, 6.45) is 8.87. The van der Waals surface area contributed by atoms with Gasteiger partial charge in [-0.1, -0.05) is 45.4 Å². The number of unbranched alkanes of at least 4 members (excludes halogenated alkanes) is 5. The Balaban J connectivity index is 3.10. The molecule has 0 aliphatic carbocycles. The first-order chi connectivity index (χ1) is 6.66. The van der Waals surface area contributed by atoms with Crippen LogP contribution in [-0.2, 0) is 4.43 Å². The van der Waals surface area contributed by atoms with Gasteiger partial charge in [0, 0.05) is 6.10 Å². The number of hydrogen-bond donors (Lipinski definition) is 0. The molecule has 0 aliphatic heterocycles. The first-order valence-corrected chi connectivity index (χ1v) is 8.76. The van der Waals surface area contributed by atoms with Gasteiger partial charge in [0.2, 0.25) is 0 Å². The third-order valence-corrected chi connectivity index (χ3v) is 4.70. The molecule has 0 heterocycles. The van der Waals surface area contributed by atoms with E-state index in [1.807, 2.05) is 0 Å². The fraction of sp³-hybridized carbons (Fsp3) is 1.00. The molecule has 0 aromatic rings. The van der Waals surface area contributed by atoms with Gasteiger partial charge < -0.3 is 4.43 Å². The zero-order valence-corrected chi connectivity index (χ0v) is 11.7. The normalized spacial score (nSPS) is 13.5. The van der Waals surface area contributed by atoms with Crippen LogP contribution in [0.5, 0.6) is 0 Å². The van der Waals surface area contributed by atoms with Crippen LogP contribution in [0.4, 0.5) is 0 Å². The Morgan fingerprint density at radius 2 is 1.57 bits per heavy atom. The standard InChI is InChI=1S/C12H28OSi/c1-5-6-7-8-9-10-11-14(4)13-12(2)3/h12,14H,5-11H2,1-4H3. The molecule has 1 unspecified atom stereocenters. The summed E-state index contributed by atoms with van der Waals surface area (Å²) >= 11 is 0. The molecule has 86 valence electrons. The third kappa shape index (κ3) is 10.3. The zero-order chi connectivity index (χ0) is 10.8. The van der Waals surface area contributed by atoms with Crippen LogP contribution in [0.1, 0.15) is 59.3 Å². The lowest BCUT2D eigenvalue weighted by molar-refractivity contribution is 0.243. The minimum Gasteiger partial charge on any atom is -0.418 e. The van der Waals surface area contributed by atoms with Crippen molar-refractivity contribution in [2.45, 2.75) is 78.0 Å². The van der Waals surface area contributed by atoms with Crippen molar-refractivity contribution < 1.29 is 4.43 Å². The smallest absolute Gasteiger partial charge is 0.174 e. The molecule has 14 heavy (non-hydrogen) atoms. The molecule has 0 aliphatic rings. The van der Waals surface area contributed by atoms with E-state index in [9.17, 15) is 0 Å². The molecule has 0 aromatic heterocycles. The van der Waals surface area contributed by atoms with Gasteiger partial charge in [0.25, 0.3) is 0 Å². The lowest BCUT2D eigenvalue weighted by atomic mass is 10.1. The first-order valence-electron chi connectivity index (χ1n) is 6.32. The number of hydrogen-bond acceptors (Lipinski definition) is 1. The summed E-state index contributed by atoms with van der Waals surface area (Å²) in [6, 6.07) is 1.37. The van der Waals surface area contributed by atoms with Gasteiger partial charge in [0.05, 0.1) is 0 Å². The van der Waals surface area contributed by atoms with Gasteiger partial charge in [-0.3, -0.25) is 0 Å². The van der Waals surface area contributed by atoms with E-state index in [0.717, 1.165) is 0 Å². The Morgan fingerprint density at radius 1 is 1.00 bits per heavy atom. The molecular formula is C12H28OSi. The van der Waals surface area contributed by atoms with Crippen LogP contribution >= 0.6 is 0 Å². The van der Waals surface area contributed by atoms with E-state index in [2.05, 4.69) is 27.3 Å².